The number of anilines is 1. The summed E-state index contributed by atoms with van der Waals surface area (Å²) in [6.07, 6.45) is 0. The molecule has 21 heavy (non-hydrogen) atoms. The largest absolute Gasteiger partial charge is 0.383 e. The van der Waals surface area contributed by atoms with Crippen LogP contribution in [0, 0.1) is 0 Å². The Morgan fingerprint density at radius 1 is 1.33 bits per heavy atom. The third-order valence-electron chi connectivity index (χ3n) is 3.46. The van der Waals surface area contributed by atoms with Crippen molar-refractivity contribution in [3.05, 3.63) is 28.8 Å². The van der Waals surface area contributed by atoms with Gasteiger partial charge in [0.15, 0.2) is 0 Å². The quantitative estimate of drug-likeness (QED) is 0.820. The number of hydrogen-bond acceptors (Lipinski definition) is 3. The van der Waals surface area contributed by atoms with E-state index >= 15 is 0 Å². The fourth-order valence-corrected chi connectivity index (χ4v) is 2.54. The molecular formula is C17H29ClN2O. The number of likely N-dealkylation sites (N-methyl/N-ethyl adjacent to an activating group) is 1. The first-order valence-corrected chi connectivity index (χ1v) is 7.95. The van der Waals surface area contributed by atoms with E-state index in [1.54, 1.807) is 7.11 Å². The molecule has 0 amide bonds. The van der Waals surface area contributed by atoms with Crippen LogP contribution in [0.15, 0.2) is 18.2 Å². The fourth-order valence-electron chi connectivity index (χ4n) is 2.30. The van der Waals surface area contributed by atoms with Gasteiger partial charge in [-0.15, -0.1) is 0 Å². The molecule has 1 unspecified atom stereocenters. The number of benzene rings is 1. The van der Waals surface area contributed by atoms with Crippen molar-refractivity contribution in [3.8, 4) is 0 Å². The van der Waals surface area contributed by atoms with Gasteiger partial charge in [0.1, 0.15) is 0 Å². The Labute approximate surface area is 134 Å². The van der Waals surface area contributed by atoms with E-state index in [9.17, 15) is 0 Å². The second-order valence-electron chi connectivity index (χ2n) is 6.47. The van der Waals surface area contributed by atoms with E-state index < -0.39 is 0 Å². The van der Waals surface area contributed by atoms with E-state index in [2.05, 4.69) is 63.0 Å². The number of nitrogens with one attached hydrogen (secondary N) is 1. The van der Waals surface area contributed by atoms with Crippen LogP contribution in [0.25, 0.3) is 0 Å². The molecule has 3 nitrogen and oxygen atoms in total. The standard InChI is InChI=1S/C17H29ClN2O/c1-7-20(13(2)12-21-6)15-9-8-14(16(18)10-15)11-19-17(3,4)5/h8-10,13,19H,7,11-12H2,1-6H3. The zero-order valence-electron chi connectivity index (χ0n) is 14.2. The summed E-state index contributed by atoms with van der Waals surface area (Å²) in [7, 11) is 1.73. The average Bonchev–Trinajstić information content (AvgIpc) is 2.38. The highest BCUT2D eigenvalue weighted by molar-refractivity contribution is 6.31. The van der Waals surface area contributed by atoms with Gasteiger partial charge < -0.3 is 15.0 Å². The minimum Gasteiger partial charge on any atom is -0.383 e. The molecule has 0 spiro atoms. The molecule has 0 bridgehead atoms. The van der Waals surface area contributed by atoms with Crippen LogP contribution in [-0.4, -0.2) is 31.8 Å². The Morgan fingerprint density at radius 3 is 2.48 bits per heavy atom. The second kappa shape index (κ2) is 8.02. The Hall–Kier alpha value is -0.770. The Balaban J connectivity index is 2.85. The zero-order valence-corrected chi connectivity index (χ0v) is 14.9. The maximum Gasteiger partial charge on any atom is 0.0663 e. The lowest BCUT2D eigenvalue weighted by Gasteiger charge is -2.30. The lowest BCUT2D eigenvalue weighted by Crippen LogP contribution is -2.36. The van der Waals surface area contributed by atoms with Gasteiger partial charge in [-0.05, 0) is 52.3 Å². The number of methoxy groups -OCH3 is 1. The smallest absolute Gasteiger partial charge is 0.0663 e. The van der Waals surface area contributed by atoms with Gasteiger partial charge in [0.25, 0.3) is 0 Å². The number of halogens is 1. The van der Waals surface area contributed by atoms with Gasteiger partial charge in [-0.1, -0.05) is 17.7 Å². The molecule has 120 valence electrons. The van der Waals surface area contributed by atoms with Gasteiger partial charge in [0.05, 0.1) is 6.61 Å². The number of ether oxygens (including phenoxy) is 1. The van der Waals surface area contributed by atoms with Crippen molar-refractivity contribution in [1.82, 2.24) is 5.32 Å². The number of hydrogen-bond donors (Lipinski definition) is 1. The molecule has 0 aliphatic rings. The molecule has 0 fully saturated rings. The van der Waals surface area contributed by atoms with Crippen LogP contribution in [-0.2, 0) is 11.3 Å². The number of nitrogens with zero attached hydrogens (tertiary/aromatic N) is 1. The van der Waals surface area contributed by atoms with Gasteiger partial charge in [0, 0.05) is 42.5 Å². The van der Waals surface area contributed by atoms with Crippen molar-refractivity contribution < 1.29 is 4.74 Å². The summed E-state index contributed by atoms with van der Waals surface area (Å²) in [6.45, 7) is 13.2. The second-order valence-corrected chi connectivity index (χ2v) is 6.88. The fraction of sp³-hybridized carbons (Fsp3) is 0.647. The molecule has 1 aromatic carbocycles. The van der Waals surface area contributed by atoms with Crippen LogP contribution in [0.1, 0.15) is 40.2 Å². The molecule has 0 saturated heterocycles. The van der Waals surface area contributed by atoms with Gasteiger partial charge in [0.2, 0.25) is 0 Å². The van der Waals surface area contributed by atoms with E-state index in [-0.39, 0.29) is 5.54 Å². The van der Waals surface area contributed by atoms with Crippen molar-refractivity contribution >= 4 is 17.3 Å². The zero-order chi connectivity index (χ0) is 16.0. The molecule has 4 heteroatoms. The van der Waals surface area contributed by atoms with Crippen LogP contribution in [0.2, 0.25) is 5.02 Å². The van der Waals surface area contributed by atoms with E-state index in [4.69, 9.17) is 16.3 Å². The average molecular weight is 313 g/mol. The maximum absolute atomic E-state index is 6.44. The van der Waals surface area contributed by atoms with Gasteiger partial charge in [-0.25, -0.2) is 0 Å². The van der Waals surface area contributed by atoms with Gasteiger partial charge in [-0.3, -0.25) is 0 Å². The SMILES string of the molecule is CCN(c1ccc(CNC(C)(C)C)c(Cl)c1)C(C)COC. The topological polar surface area (TPSA) is 24.5 Å². The molecule has 1 aromatic rings. The highest BCUT2D eigenvalue weighted by Crippen LogP contribution is 2.25. The summed E-state index contributed by atoms with van der Waals surface area (Å²) in [5, 5.41) is 4.28. The molecule has 0 heterocycles. The van der Waals surface area contributed by atoms with Crippen LogP contribution >= 0.6 is 11.6 Å². The monoisotopic (exact) mass is 312 g/mol. The lowest BCUT2D eigenvalue weighted by molar-refractivity contribution is 0.182. The Bertz CT molecular complexity index is 443. The van der Waals surface area contributed by atoms with E-state index in [1.807, 2.05) is 0 Å². The summed E-state index contributed by atoms with van der Waals surface area (Å²) < 4.78 is 5.25. The van der Waals surface area contributed by atoms with Crippen molar-refractivity contribution in [2.24, 2.45) is 0 Å². The van der Waals surface area contributed by atoms with Crippen LogP contribution in [0.5, 0.6) is 0 Å². The van der Waals surface area contributed by atoms with E-state index in [1.165, 1.54) is 0 Å². The molecule has 1 rings (SSSR count). The maximum atomic E-state index is 6.44. The number of rotatable bonds is 7. The minimum atomic E-state index is 0.0877. The molecular weight excluding hydrogens is 284 g/mol. The van der Waals surface area contributed by atoms with Crippen LogP contribution < -0.4 is 10.2 Å². The third-order valence-corrected chi connectivity index (χ3v) is 3.81. The minimum absolute atomic E-state index is 0.0877. The first-order valence-electron chi connectivity index (χ1n) is 7.57. The molecule has 0 aliphatic carbocycles. The molecule has 0 radical (unpaired) electrons. The predicted octanol–water partition coefficient (Wildman–Crippen LogP) is 4.09. The molecule has 0 aliphatic heterocycles. The first kappa shape index (κ1) is 18.3. The Morgan fingerprint density at radius 2 is 2.00 bits per heavy atom. The third kappa shape index (κ3) is 5.85. The highest BCUT2D eigenvalue weighted by atomic mass is 35.5. The van der Waals surface area contributed by atoms with Crippen molar-refractivity contribution in [2.75, 3.05) is 25.2 Å². The normalized spacial score (nSPS) is 13.3. The summed E-state index contributed by atoms with van der Waals surface area (Å²) in [6, 6.07) is 6.63. The molecule has 0 aromatic heterocycles. The summed E-state index contributed by atoms with van der Waals surface area (Å²) in [5.41, 5.74) is 2.36. The summed E-state index contributed by atoms with van der Waals surface area (Å²) >= 11 is 6.44. The first-order chi connectivity index (χ1) is 9.78. The molecule has 0 saturated carbocycles. The Kier molecular flexibility index (Phi) is 6.98. The summed E-state index contributed by atoms with van der Waals surface area (Å²) in [5.74, 6) is 0. The van der Waals surface area contributed by atoms with Crippen molar-refractivity contribution in [2.45, 2.75) is 52.7 Å². The highest BCUT2D eigenvalue weighted by Gasteiger charge is 2.15. The van der Waals surface area contributed by atoms with Gasteiger partial charge in [-0.2, -0.15) is 0 Å². The predicted molar refractivity (Wildman–Crippen MR) is 92.4 cm³/mol. The summed E-state index contributed by atoms with van der Waals surface area (Å²) in [4.78, 5) is 2.30. The molecule has 1 N–H and O–H groups in total. The van der Waals surface area contributed by atoms with Crippen molar-refractivity contribution in [1.29, 1.82) is 0 Å². The molecule has 1 atom stereocenters. The van der Waals surface area contributed by atoms with E-state index in [0.29, 0.717) is 12.6 Å². The van der Waals surface area contributed by atoms with E-state index in [0.717, 1.165) is 29.4 Å². The lowest BCUT2D eigenvalue weighted by atomic mass is 10.1. The van der Waals surface area contributed by atoms with Crippen molar-refractivity contribution in [3.63, 3.8) is 0 Å². The van der Waals surface area contributed by atoms with Crippen LogP contribution in [0.3, 0.4) is 0 Å². The van der Waals surface area contributed by atoms with Gasteiger partial charge >= 0.3 is 0 Å². The van der Waals surface area contributed by atoms with Crippen LogP contribution in [0.4, 0.5) is 5.69 Å².